The summed E-state index contributed by atoms with van der Waals surface area (Å²) in [6, 6.07) is 1.45. The van der Waals surface area contributed by atoms with Crippen LogP contribution in [0.1, 0.15) is 54.6 Å². The van der Waals surface area contributed by atoms with Gasteiger partial charge >= 0.3 is 0 Å². The van der Waals surface area contributed by atoms with Gasteiger partial charge in [0.2, 0.25) is 0 Å². The zero-order valence-electron chi connectivity index (χ0n) is 11.5. The minimum atomic E-state index is -0.267. The van der Waals surface area contributed by atoms with Crippen molar-refractivity contribution in [3.63, 3.8) is 0 Å². The van der Waals surface area contributed by atoms with E-state index in [0.717, 1.165) is 18.0 Å². The Morgan fingerprint density at radius 3 is 2.79 bits per heavy atom. The Morgan fingerprint density at radius 2 is 2.11 bits per heavy atom. The van der Waals surface area contributed by atoms with E-state index < -0.39 is 0 Å². The number of aryl methyl sites for hydroxylation is 1. The summed E-state index contributed by atoms with van der Waals surface area (Å²) in [5.74, 6) is 0.474. The van der Waals surface area contributed by atoms with Crippen molar-refractivity contribution in [2.24, 2.45) is 5.92 Å². The van der Waals surface area contributed by atoms with Gasteiger partial charge in [0.25, 0.3) is 5.91 Å². The molecule has 19 heavy (non-hydrogen) atoms. The van der Waals surface area contributed by atoms with Gasteiger partial charge in [-0.2, -0.15) is 0 Å². The molecule has 2 N–H and O–H groups in total. The molecule has 4 heteroatoms. The topological polar surface area (TPSA) is 62.0 Å². The molecule has 1 aromatic rings. The molecular weight excluding hydrogens is 240 g/mol. The average Bonchev–Trinajstić information content (AvgIpc) is 2.39. The Morgan fingerprint density at radius 1 is 1.37 bits per heavy atom. The minimum absolute atomic E-state index is 0.203. The first-order valence-corrected chi connectivity index (χ1v) is 7.14. The largest absolute Gasteiger partial charge is 0.364 e. The third kappa shape index (κ3) is 3.94. The van der Waals surface area contributed by atoms with Crippen LogP contribution in [0.25, 0.3) is 0 Å². The standard InChI is InChI=1S/C15H22N2O2/c1-11-9-14(18)13(10-17-11)15(19)16-8-7-12-5-3-2-4-6-12/h9-10,12H,2-8H2,1H3,(H,16,19)(H,17,18). The van der Waals surface area contributed by atoms with Gasteiger partial charge < -0.3 is 10.3 Å². The van der Waals surface area contributed by atoms with Crippen molar-refractivity contribution in [1.82, 2.24) is 10.3 Å². The van der Waals surface area contributed by atoms with E-state index in [9.17, 15) is 9.59 Å². The average molecular weight is 262 g/mol. The molecular formula is C15H22N2O2. The fourth-order valence-corrected chi connectivity index (χ4v) is 2.71. The number of hydrogen-bond acceptors (Lipinski definition) is 2. The van der Waals surface area contributed by atoms with Crippen LogP contribution in [-0.2, 0) is 0 Å². The van der Waals surface area contributed by atoms with Gasteiger partial charge in [-0.25, -0.2) is 0 Å². The molecule has 4 nitrogen and oxygen atoms in total. The number of carbonyl (C=O) groups excluding carboxylic acids is 1. The zero-order valence-corrected chi connectivity index (χ0v) is 11.5. The Labute approximate surface area is 113 Å². The van der Waals surface area contributed by atoms with Gasteiger partial charge in [-0.3, -0.25) is 9.59 Å². The van der Waals surface area contributed by atoms with Gasteiger partial charge in [-0.15, -0.1) is 0 Å². The molecule has 0 bridgehead atoms. The van der Waals surface area contributed by atoms with E-state index >= 15 is 0 Å². The van der Waals surface area contributed by atoms with Crippen LogP contribution in [0.2, 0.25) is 0 Å². The number of rotatable bonds is 4. The SMILES string of the molecule is Cc1cc(=O)c(C(=O)NCCC2CCCCC2)c[nH]1. The third-order valence-electron chi connectivity index (χ3n) is 3.86. The third-order valence-corrected chi connectivity index (χ3v) is 3.86. The highest BCUT2D eigenvalue weighted by molar-refractivity contribution is 5.93. The number of hydrogen-bond donors (Lipinski definition) is 2. The number of nitrogens with one attached hydrogen (secondary N) is 2. The maximum absolute atomic E-state index is 11.9. The predicted molar refractivity (Wildman–Crippen MR) is 75.3 cm³/mol. The molecule has 2 rings (SSSR count). The quantitative estimate of drug-likeness (QED) is 0.875. The number of amides is 1. The van der Waals surface area contributed by atoms with E-state index in [0.29, 0.717) is 6.54 Å². The Balaban J connectivity index is 1.82. The summed E-state index contributed by atoms with van der Waals surface area (Å²) in [5, 5.41) is 2.85. The Hall–Kier alpha value is -1.58. The molecule has 1 aliphatic rings. The lowest BCUT2D eigenvalue weighted by atomic mass is 9.87. The molecule has 0 unspecified atom stereocenters. The molecule has 0 radical (unpaired) electrons. The van der Waals surface area contributed by atoms with Crippen LogP contribution < -0.4 is 10.7 Å². The number of carbonyl (C=O) groups is 1. The number of aromatic amines is 1. The Bertz CT molecular complexity index is 487. The van der Waals surface area contributed by atoms with E-state index in [1.54, 1.807) is 6.92 Å². The van der Waals surface area contributed by atoms with E-state index in [1.165, 1.54) is 44.4 Å². The smallest absolute Gasteiger partial charge is 0.256 e. The van der Waals surface area contributed by atoms with Crippen LogP contribution in [0.5, 0.6) is 0 Å². The monoisotopic (exact) mass is 262 g/mol. The second-order valence-electron chi connectivity index (χ2n) is 5.44. The second-order valence-corrected chi connectivity index (χ2v) is 5.44. The van der Waals surface area contributed by atoms with Crippen molar-refractivity contribution < 1.29 is 4.79 Å². The highest BCUT2D eigenvalue weighted by Gasteiger charge is 2.14. The molecule has 1 saturated carbocycles. The van der Waals surface area contributed by atoms with Gasteiger partial charge in [0.1, 0.15) is 5.56 Å². The van der Waals surface area contributed by atoms with Crippen molar-refractivity contribution in [2.45, 2.75) is 45.4 Å². The molecule has 1 heterocycles. The molecule has 1 fully saturated rings. The predicted octanol–water partition coefficient (Wildman–Crippen LogP) is 2.38. The first-order chi connectivity index (χ1) is 9.16. The van der Waals surface area contributed by atoms with E-state index in [2.05, 4.69) is 10.3 Å². The molecule has 0 spiro atoms. The van der Waals surface area contributed by atoms with E-state index in [4.69, 9.17) is 0 Å². The Kier molecular flexibility index (Phi) is 4.77. The summed E-state index contributed by atoms with van der Waals surface area (Å²) in [5.41, 5.74) is 0.754. The fourth-order valence-electron chi connectivity index (χ4n) is 2.71. The zero-order chi connectivity index (χ0) is 13.7. The maximum Gasteiger partial charge on any atom is 0.256 e. The van der Waals surface area contributed by atoms with Crippen LogP contribution in [0.15, 0.2) is 17.1 Å². The fraction of sp³-hybridized carbons (Fsp3) is 0.600. The summed E-state index contributed by atoms with van der Waals surface area (Å²) < 4.78 is 0. The van der Waals surface area contributed by atoms with Gasteiger partial charge in [0.05, 0.1) is 0 Å². The lowest BCUT2D eigenvalue weighted by Crippen LogP contribution is -2.30. The van der Waals surface area contributed by atoms with Crippen LogP contribution in [0.4, 0.5) is 0 Å². The van der Waals surface area contributed by atoms with Gasteiger partial charge in [-0.1, -0.05) is 32.1 Å². The molecule has 104 valence electrons. The molecule has 0 aromatic carbocycles. The van der Waals surface area contributed by atoms with Crippen LogP contribution >= 0.6 is 0 Å². The summed E-state index contributed by atoms with van der Waals surface area (Å²) in [6.45, 7) is 2.46. The lowest BCUT2D eigenvalue weighted by molar-refractivity contribution is 0.0949. The number of pyridine rings is 1. The van der Waals surface area contributed by atoms with Crippen molar-refractivity contribution in [1.29, 1.82) is 0 Å². The van der Waals surface area contributed by atoms with Gasteiger partial charge in [0, 0.05) is 24.5 Å². The van der Waals surface area contributed by atoms with Crippen LogP contribution in [-0.4, -0.2) is 17.4 Å². The van der Waals surface area contributed by atoms with Crippen LogP contribution in [0, 0.1) is 12.8 Å². The molecule has 0 atom stereocenters. The van der Waals surface area contributed by atoms with Gasteiger partial charge in [-0.05, 0) is 19.3 Å². The molecule has 0 aliphatic heterocycles. The van der Waals surface area contributed by atoms with Crippen molar-refractivity contribution >= 4 is 5.91 Å². The van der Waals surface area contributed by atoms with Crippen molar-refractivity contribution in [3.8, 4) is 0 Å². The first-order valence-electron chi connectivity index (χ1n) is 7.14. The summed E-state index contributed by atoms with van der Waals surface area (Å²) >= 11 is 0. The molecule has 1 aliphatic carbocycles. The summed E-state index contributed by atoms with van der Waals surface area (Å²) in [6.07, 6.45) is 9.05. The lowest BCUT2D eigenvalue weighted by Gasteiger charge is -2.21. The summed E-state index contributed by atoms with van der Waals surface area (Å²) in [7, 11) is 0. The highest BCUT2D eigenvalue weighted by Crippen LogP contribution is 2.25. The molecule has 1 amide bonds. The summed E-state index contributed by atoms with van der Waals surface area (Å²) in [4.78, 5) is 26.5. The van der Waals surface area contributed by atoms with E-state index in [1.807, 2.05) is 0 Å². The minimum Gasteiger partial charge on any atom is -0.364 e. The van der Waals surface area contributed by atoms with Gasteiger partial charge in [0.15, 0.2) is 5.43 Å². The molecule has 0 saturated heterocycles. The second kappa shape index (κ2) is 6.55. The van der Waals surface area contributed by atoms with Crippen molar-refractivity contribution in [2.75, 3.05) is 6.54 Å². The van der Waals surface area contributed by atoms with E-state index in [-0.39, 0.29) is 16.9 Å². The number of aromatic nitrogens is 1. The first kappa shape index (κ1) is 13.8. The molecule has 1 aromatic heterocycles. The highest BCUT2D eigenvalue weighted by atomic mass is 16.2. The van der Waals surface area contributed by atoms with Crippen molar-refractivity contribution in [3.05, 3.63) is 33.7 Å². The van der Waals surface area contributed by atoms with Crippen LogP contribution in [0.3, 0.4) is 0 Å². The number of H-pyrrole nitrogens is 1. The maximum atomic E-state index is 11.9. The normalized spacial score (nSPS) is 16.3.